The van der Waals surface area contributed by atoms with Crippen molar-refractivity contribution in [3.8, 4) is 0 Å². The molecule has 2 rings (SSSR count). The van der Waals surface area contributed by atoms with E-state index in [2.05, 4.69) is 23.8 Å². The number of hydrogen-bond acceptors (Lipinski definition) is 3. The Morgan fingerprint density at radius 3 is 2.61 bits per heavy atom. The van der Waals surface area contributed by atoms with Crippen LogP contribution in [0.1, 0.15) is 27.6 Å². The average molecular weight is 264 g/mol. The monoisotopic (exact) mass is 264 g/mol. The summed E-state index contributed by atoms with van der Waals surface area (Å²) in [7, 11) is 0. The van der Waals surface area contributed by atoms with Crippen molar-refractivity contribution in [2.75, 3.05) is 0 Å². The highest BCUT2D eigenvalue weighted by Crippen LogP contribution is 2.27. The van der Waals surface area contributed by atoms with Crippen LogP contribution < -0.4 is 11.3 Å². The predicted octanol–water partition coefficient (Wildman–Crippen LogP) is 3.25. The van der Waals surface area contributed by atoms with Crippen molar-refractivity contribution in [2.45, 2.75) is 26.3 Å². The Morgan fingerprint density at radius 2 is 2.06 bits per heavy atom. The topological polar surface area (TPSA) is 38.0 Å². The molecule has 2 nitrogen and oxygen atoms in total. The van der Waals surface area contributed by atoms with Gasteiger partial charge in [-0.15, -0.1) is 11.3 Å². The summed E-state index contributed by atoms with van der Waals surface area (Å²) >= 11 is 1.69. The van der Waals surface area contributed by atoms with Crippen molar-refractivity contribution in [1.82, 2.24) is 5.43 Å². The molecule has 1 atom stereocenters. The molecular weight excluding hydrogens is 247 g/mol. The van der Waals surface area contributed by atoms with Crippen molar-refractivity contribution < 1.29 is 4.39 Å². The lowest BCUT2D eigenvalue weighted by molar-refractivity contribution is 0.555. The highest BCUT2D eigenvalue weighted by molar-refractivity contribution is 7.10. The van der Waals surface area contributed by atoms with E-state index in [4.69, 9.17) is 5.84 Å². The third-order valence-corrected chi connectivity index (χ3v) is 4.28. The predicted molar refractivity (Wildman–Crippen MR) is 74.0 cm³/mol. The molecular formula is C14H17FN2S. The van der Waals surface area contributed by atoms with Gasteiger partial charge in [-0.25, -0.2) is 4.39 Å². The number of aryl methyl sites for hydroxylation is 2. The van der Waals surface area contributed by atoms with Crippen LogP contribution >= 0.6 is 11.3 Å². The van der Waals surface area contributed by atoms with E-state index in [9.17, 15) is 4.39 Å². The number of halogens is 1. The molecule has 96 valence electrons. The number of thiophene rings is 1. The standard InChI is InChI=1S/C14H17FN2S/c1-9-5-6-18-14(9)13(17-16)8-11-3-4-12(15)7-10(11)2/h3-7,13,17H,8,16H2,1-2H3. The second-order valence-corrected chi connectivity index (χ2v) is 5.41. The van der Waals surface area contributed by atoms with Gasteiger partial charge in [0.15, 0.2) is 0 Å². The van der Waals surface area contributed by atoms with Gasteiger partial charge in [-0.3, -0.25) is 11.3 Å². The molecule has 4 heteroatoms. The molecule has 1 aromatic carbocycles. The zero-order valence-electron chi connectivity index (χ0n) is 10.5. The van der Waals surface area contributed by atoms with Gasteiger partial charge in [0.1, 0.15) is 5.82 Å². The number of hydrogen-bond donors (Lipinski definition) is 2. The first-order valence-electron chi connectivity index (χ1n) is 5.87. The third-order valence-electron chi connectivity index (χ3n) is 3.15. The van der Waals surface area contributed by atoms with E-state index >= 15 is 0 Å². The van der Waals surface area contributed by atoms with Crippen LogP contribution in [0.2, 0.25) is 0 Å². The fourth-order valence-corrected chi connectivity index (χ4v) is 3.07. The largest absolute Gasteiger partial charge is 0.271 e. The summed E-state index contributed by atoms with van der Waals surface area (Å²) in [6, 6.07) is 7.05. The lowest BCUT2D eigenvalue weighted by atomic mass is 9.99. The molecule has 0 bridgehead atoms. The number of benzene rings is 1. The summed E-state index contributed by atoms with van der Waals surface area (Å²) in [5.41, 5.74) is 6.17. The van der Waals surface area contributed by atoms with E-state index < -0.39 is 0 Å². The molecule has 0 saturated carbocycles. The Balaban J connectivity index is 2.23. The number of nitrogens with two attached hydrogens (primary N) is 1. The van der Waals surface area contributed by atoms with Crippen LogP contribution in [-0.4, -0.2) is 0 Å². The highest BCUT2D eigenvalue weighted by Gasteiger charge is 2.15. The molecule has 1 heterocycles. The van der Waals surface area contributed by atoms with E-state index in [-0.39, 0.29) is 11.9 Å². The molecule has 0 saturated heterocycles. The van der Waals surface area contributed by atoms with Crippen LogP contribution in [0, 0.1) is 19.7 Å². The molecule has 18 heavy (non-hydrogen) atoms. The van der Waals surface area contributed by atoms with Gasteiger partial charge in [0.25, 0.3) is 0 Å². The van der Waals surface area contributed by atoms with Gasteiger partial charge >= 0.3 is 0 Å². The smallest absolute Gasteiger partial charge is 0.123 e. The molecule has 0 aliphatic rings. The first-order valence-corrected chi connectivity index (χ1v) is 6.75. The van der Waals surface area contributed by atoms with Gasteiger partial charge in [0.05, 0.1) is 6.04 Å². The second kappa shape index (κ2) is 5.61. The molecule has 1 aromatic heterocycles. The molecule has 2 aromatic rings. The summed E-state index contributed by atoms with van der Waals surface area (Å²) in [5.74, 6) is 5.45. The van der Waals surface area contributed by atoms with E-state index in [1.165, 1.54) is 16.5 Å². The van der Waals surface area contributed by atoms with E-state index in [1.54, 1.807) is 17.4 Å². The van der Waals surface area contributed by atoms with Gasteiger partial charge in [0, 0.05) is 4.88 Å². The SMILES string of the molecule is Cc1cc(F)ccc1CC(NN)c1sccc1C. The summed E-state index contributed by atoms with van der Waals surface area (Å²) in [5, 5.41) is 2.06. The molecule has 0 radical (unpaired) electrons. The normalized spacial score (nSPS) is 12.7. The Kier molecular flexibility index (Phi) is 4.11. The van der Waals surface area contributed by atoms with E-state index in [0.29, 0.717) is 0 Å². The minimum Gasteiger partial charge on any atom is -0.271 e. The lowest BCUT2D eigenvalue weighted by Crippen LogP contribution is -2.29. The molecule has 0 spiro atoms. The van der Waals surface area contributed by atoms with Crippen molar-refractivity contribution in [3.05, 3.63) is 57.0 Å². The van der Waals surface area contributed by atoms with Gasteiger partial charge < -0.3 is 0 Å². The Morgan fingerprint density at radius 1 is 1.28 bits per heavy atom. The van der Waals surface area contributed by atoms with Crippen molar-refractivity contribution in [1.29, 1.82) is 0 Å². The lowest BCUT2D eigenvalue weighted by Gasteiger charge is -2.17. The molecule has 0 amide bonds. The number of hydrazine groups is 1. The quantitative estimate of drug-likeness (QED) is 0.657. The van der Waals surface area contributed by atoms with Gasteiger partial charge in [0.2, 0.25) is 0 Å². The van der Waals surface area contributed by atoms with Gasteiger partial charge in [-0.2, -0.15) is 0 Å². The summed E-state index contributed by atoms with van der Waals surface area (Å²) in [6.45, 7) is 4.00. The zero-order chi connectivity index (χ0) is 13.1. The van der Waals surface area contributed by atoms with Crippen LogP contribution in [0.3, 0.4) is 0 Å². The first kappa shape index (κ1) is 13.2. The van der Waals surface area contributed by atoms with Crippen molar-refractivity contribution >= 4 is 11.3 Å². The maximum absolute atomic E-state index is 13.1. The molecule has 0 aliphatic carbocycles. The van der Waals surface area contributed by atoms with Gasteiger partial charge in [-0.1, -0.05) is 6.07 Å². The summed E-state index contributed by atoms with van der Waals surface area (Å²) < 4.78 is 13.1. The maximum atomic E-state index is 13.1. The minimum atomic E-state index is -0.194. The first-order chi connectivity index (χ1) is 8.61. The molecule has 1 unspecified atom stereocenters. The molecule has 0 fully saturated rings. The van der Waals surface area contributed by atoms with Crippen molar-refractivity contribution in [2.24, 2.45) is 5.84 Å². The van der Waals surface area contributed by atoms with Crippen molar-refractivity contribution in [3.63, 3.8) is 0 Å². The fraction of sp³-hybridized carbons (Fsp3) is 0.286. The fourth-order valence-electron chi connectivity index (χ4n) is 2.08. The zero-order valence-corrected chi connectivity index (χ0v) is 11.4. The molecule has 3 N–H and O–H groups in total. The number of nitrogens with one attached hydrogen (secondary N) is 1. The van der Waals surface area contributed by atoms with Crippen LogP contribution in [0.5, 0.6) is 0 Å². The number of rotatable bonds is 4. The van der Waals surface area contributed by atoms with Crippen LogP contribution in [0.15, 0.2) is 29.6 Å². The molecule has 0 aliphatic heterocycles. The minimum absolute atomic E-state index is 0.0779. The Hall–Kier alpha value is -1.23. The van der Waals surface area contributed by atoms with Crippen LogP contribution in [0.25, 0.3) is 0 Å². The second-order valence-electron chi connectivity index (χ2n) is 4.46. The summed E-state index contributed by atoms with van der Waals surface area (Å²) in [4.78, 5) is 1.24. The van der Waals surface area contributed by atoms with E-state index in [0.717, 1.165) is 17.5 Å². The highest BCUT2D eigenvalue weighted by atomic mass is 32.1. The summed E-state index contributed by atoms with van der Waals surface area (Å²) in [6.07, 6.45) is 0.768. The average Bonchev–Trinajstić information content (AvgIpc) is 2.75. The van der Waals surface area contributed by atoms with E-state index in [1.807, 2.05) is 13.0 Å². The van der Waals surface area contributed by atoms with Crippen LogP contribution in [-0.2, 0) is 6.42 Å². The Labute approximate surface area is 111 Å². The maximum Gasteiger partial charge on any atom is 0.123 e. The third kappa shape index (κ3) is 2.77. The van der Waals surface area contributed by atoms with Gasteiger partial charge in [-0.05, 0) is 60.5 Å². The van der Waals surface area contributed by atoms with Crippen LogP contribution in [0.4, 0.5) is 4.39 Å². The Bertz CT molecular complexity index is 536.